The van der Waals surface area contributed by atoms with E-state index in [1.807, 2.05) is 12.2 Å². The van der Waals surface area contributed by atoms with Crippen molar-refractivity contribution < 1.29 is 23.4 Å². The molecule has 3 aliphatic rings. The van der Waals surface area contributed by atoms with Gasteiger partial charge < -0.3 is 25.0 Å². The molecule has 0 spiro atoms. The summed E-state index contributed by atoms with van der Waals surface area (Å²) in [5, 5.41) is 8.66. The summed E-state index contributed by atoms with van der Waals surface area (Å²) in [6.45, 7) is 0.916. The number of anilines is 1. The van der Waals surface area contributed by atoms with Gasteiger partial charge in [-0.05, 0) is 37.2 Å². The molecule has 1 saturated carbocycles. The molecule has 158 valence electrons. The van der Waals surface area contributed by atoms with Crippen LogP contribution in [-0.4, -0.2) is 35.0 Å². The van der Waals surface area contributed by atoms with Gasteiger partial charge in [0.15, 0.2) is 11.6 Å². The Labute approximate surface area is 170 Å². The van der Waals surface area contributed by atoms with Crippen LogP contribution in [-0.2, 0) is 0 Å². The first kappa shape index (κ1) is 19.0. The lowest BCUT2D eigenvalue weighted by Gasteiger charge is -2.25. The zero-order valence-corrected chi connectivity index (χ0v) is 16.1. The first-order valence-corrected chi connectivity index (χ1v) is 10.00. The van der Waals surface area contributed by atoms with Crippen molar-refractivity contribution in [3.63, 3.8) is 0 Å². The number of nitrogens with zero attached hydrogens (tertiary/aromatic N) is 2. The molecule has 5 rings (SSSR count). The molecule has 0 radical (unpaired) electrons. The molecule has 0 amide bonds. The molecule has 2 fully saturated rings. The highest BCUT2D eigenvalue weighted by Crippen LogP contribution is 2.42. The minimum Gasteiger partial charge on any atom is -0.449 e. The van der Waals surface area contributed by atoms with Crippen LogP contribution in [0.3, 0.4) is 0 Å². The third-order valence-corrected chi connectivity index (χ3v) is 6.39. The zero-order valence-electron chi connectivity index (χ0n) is 16.1. The summed E-state index contributed by atoms with van der Waals surface area (Å²) in [7, 11) is 0. The van der Waals surface area contributed by atoms with Crippen LogP contribution in [0.2, 0.25) is 0 Å². The smallest absolute Gasteiger partial charge is 0.449 e. The van der Waals surface area contributed by atoms with Crippen molar-refractivity contribution in [2.75, 3.05) is 18.0 Å². The van der Waals surface area contributed by atoms with E-state index in [-0.39, 0.29) is 40.5 Å². The molecule has 3 N–H and O–H groups in total. The first-order valence-electron chi connectivity index (χ1n) is 10.00. The Morgan fingerprint density at radius 2 is 2.03 bits per heavy atom. The molecule has 9 heteroatoms. The SMILES string of the molecule is NC1C=CCC2CN(c3c(F)cc4c(=O)c(OC(=O)O)cn(C5CC5)c4c3F)CC12. The number of allylic oxidation sites excluding steroid dienone is 1. The molecular formula is C21H21F2N3O4. The second-order valence-electron chi connectivity index (χ2n) is 8.32. The fraction of sp³-hybridized carbons (Fsp3) is 0.429. The Morgan fingerprint density at radius 1 is 1.27 bits per heavy atom. The Bertz CT molecular complexity index is 1140. The third kappa shape index (κ3) is 2.96. The van der Waals surface area contributed by atoms with Crippen LogP contribution < -0.4 is 20.8 Å². The Morgan fingerprint density at radius 3 is 2.70 bits per heavy atom. The van der Waals surface area contributed by atoms with E-state index in [0.717, 1.165) is 25.3 Å². The average Bonchev–Trinajstić information content (AvgIpc) is 3.43. The molecule has 3 unspecified atom stereocenters. The quantitative estimate of drug-likeness (QED) is 0.589. The Balaban J connectivity index is 1.66. The second-order valence-corrected chi connectivity index (χ2v) is 8.32. The van der Waals surface area contributed by atoms with Crippen LogP contribution in [0.15, 0.2) is 29.2 Å². The number of nitrogens with two attached hydrogens (primary N) is 1. The summed E-state index contributed by atoms with van der Waals surface area (Å²) < 4.78 is 36.9. The summed E-state index contributed by atoms with van der Waals surface area (Å²) in [4.78, 5) is 25.3. The van der Waals surface area contributed by atoms with Gasteiger partial charge >= 0.3 is 6.16 Å². The van der Waals surface area contributed by atoms with Gasteiger partial charge in [0.25, 0.3) is 0 Å². The van der Waals surface area contributed by atoms with Crippen molar-refractivity contribution >= 4 is 22.7 Å². The lowest BCUT2D eigenvalue weighted by Crippen LogP contribution is -2.35. The maximum atomic E-state index is 15.7. The lowest BCUT2D eigenvalue weighted by molar-refractivity contribution is 0.143. The number of halogens is 2. The van der Waals surface area contributed by atoms with E-state index in [2.05, 4.69) is 4.74 Å². The highest BCUT2D eigenvalue weighted by atomic mass is 19.1. The van der Waals surface area contributed by atoms with E-state index in [9.17, 15) is 9.59 Å². The molecule has 1 aliphatic heterocycles. The maximum absolute atomic E-state index is 15.7. The molecule has 2 aliphatic carbocycles. The van der Waals surface area contributed by atoms with Crippen LogP contribution in [0.4, 0.5) is 19.3 Å². The van der Waals surface area contributed by atoms with Gasteiger partial charge in [-0.15, -0.1) is 0 Å². The Kier molecular flexibility index (Phi) is 4.32. The number of hydrogen-bond acceptors (Lipinski definition) is 5. The van der Waals surface area contributed by atoms with E-state index in [1.165, 1.54) is 10.8 Å². The molecule has 1 aromatic carbocycles. The van der Waals surface area contributed by atoms with Crippen LogP contribution in [0.25, 0.3) is 10.9 Å². The van der Waals surface area contributed by atoms with E-state index in [1.54, 1.807) is 4.90 Å². The number of aromatic nitrogens is 1. The summed E-state index contributed by atoms with van der Waals surface area (Å²) in [5.74, 6) is -1.79. The second kappa shape index (κ2) is 6.80. The summed E-state index contributed by atoms with van der Waals surface area (Å²) in [5.41, 5.74) is 5.13. The van der Waals surface area contributed by atoms with Crippen LogP contribution in [0.5, 0.6) is 5.75 Å². The molecule has 0 bridgehead atoms. The minimum atomic E-state index is -1.66. The van der Waals surface area contributed by atoms with E-state index in [4.69, 9.17) is 10.8 Å². The lowest BCUT2D eigenvalue weighted by atomic mass is 9.83. The summed E-state index contributed by atoms with van der Waals surface area (Å²) >= 11 is 0. The standard InChI is InChI=1S/C21H21F2N3O4/c22-14-6-12-18(26(11-4-5-11)9-16(20(12)27)30-21(28)29)17(23)19(14)25-7-10-2-1-3-15(24)13(10)8-25/h1,3,6,9-11,13,15H,2,4-5,7-8,24H2,(H,28,29). The van der Waals surface area contributed by atoms with Gasteiger partial charge in [0.05, 0.1) is 17.1 Å². The zero-order chi connectivity index (χ0) is 21.2. The number of rotatable bonds is 3. The summed E-state index contributed by atoms with van der Waals surface area (Å²) in [6.07, 6.45) is 5.83. The number of benzene rings is 1. The summed E-state index contributed by atoms with van der Waals surface area (Å²) in [6, 6.07) is 0.751. The first-order chi connectivity index (χ1) is 14.3. The van der Waals surface area contributed by atoms with Gasteiger partial charge in [-0.2, -0.15) is 0 Å². The molecule has 30 heavy (non-hydrogen) atoms. The number of pyridine rings is 1. The van der Waals surface area contributed by atoms with Gasteiger partial charge in [0.1, 0.15) is 11.5 Å². The van der Waals surface area contributed by atoms with Crippen molar-refractivity contribution in [3.05, 3.63) is 46.3 Å². The highest BCUT2D eigenvalue weighted by molar-refractivity contribution is 5.86. The van der Waals surface area contributed by atoms with Crippen molar-refractivity contribution in [1.82, 2.24) is 4.57 Å². The van der Waals surface area contributed by atoms with Gasteiger partial charge in [-0.1, -0.05) is 12.2 Å². The van der Waals surface area contributed by atoms with Crippen molar-refractivity contribution in [2.24, 2.45) is 17.6 Å². The molecule has 7 nitrogen and oxygen atoms in total. The Hall–Kier alpha value is -2.94. The van der Waals surface area contributed by atoms with Crippen molar-refractivity contribution in [1.29, 1.82) is 0 Å². The number of carbonyl (C=O) groups is 1. The monoisotopic (exact) mass is 417 g/mol. The van der Waals surface area contributed by atoms with Gasteiger partial charge in [-0.25, -0.2) is 13.6 Å². The predicted molar refractivity (Wildman–Crippen MR) is 106 cm³/mol. The van der Waals surface area contributed by atoms with E-state index >= 15 is 8.78 Å². The van der Waals surface area contributed by atoms with E-state index in [0.29, 0.717) is 13.1 Å². The van der Waals surface area contributed by atoms with Crippen LogP contribution in [0.1, 0.15) is 25.3 Å². The van der Waals surface area contributed by atoms with E-state index < -0.39 is 29.0 Å². The fourth-order valence-electron chi connectivity index (χ4n) is 4.82. The molecule has 1 aromatic heterocycles. The third-order valence-electron chi connectivity index (χ3n) is 6.39. The highest BCUT2D eigenvalue weighted by Gasteiger charge is 2.39. The molecule has 2 aromatic rings. The largest absolute Gasteiger partial charge is 0.511 e. The normalized spacial score (nSPS) is 25.6. The van der Waals surface area contributed by atoms with Crippen LogP contribution in [0, 0.1) is 23.5 Å². The van der Waals surface area contributed by atoms with Gasteiger partial charge in [0, 0.05) is 25.2 Å². The van der Waals surface area contributed by atoms with Crippen molar-refractivity contribution in [2.45, 2.75) is 31.3 Å². The predicted octanol–water partition coefficient (Wildman–Crippen LogP) is 3.01. The molecule has 2 heterocycles. The van der Waals surface area contributed by atoms with Crippen LogP contribution >= 0.6 is 0 Å². The molecular weight excluding hydrogens is 396 g/mol. The number of carboxylic acid groups (broad SMARTS) is 1. The van der Waals surface area contributed by atoms with Gasteiger partial charge in [-0.3, -0.25) is 4.79 Å². The number of fused-ring (bicyclic) bond motifs is 2. The average molecular weight is 417 g/mol. The van der Waals surface area contributed by atoms with Crippen molar-refractivity contribution in [3.8, 4) is 5.75 Å². The fourth-order valence-corrected chi connectivity index (χ4v) is 4.82. The topological polar surface area (TPSA) is 97.8 Å². The molecule has 1 saturated heterocycles. The number of ether oxygens (including phenoxy) is 1. The number of hydrogen-bond donors (Lipinski definition) is 2. The molecule has 3 atom stereocenters. The maximum Gasteiger partial charge on any atom is 0.511 e. The van der Waals surface area contributed by atoms with Gasteiger partial charge in [0.2, 0.25) is 5.43 Å². The minimum absolute atomic E-state index is 0.0195.